The lowest BCUT2D eigenvalue weighted by molar-refractivity contribution is 0.584. The molecule has 1 aliphatic rings. The van der Waals surface area contributed by atoms with Crippen LogP contribution in [-0.4, -0.2) is 14.6 Å². The molecule has 5 heteroatoms. The van der Waals surface area contributed by atoms with Crippen molar-refractivity contribution >= 4 is 16.2 Å². The van der Waals surface area contributed by atoms with Gasteiger partial charge in [-0.05, 0) is 44.7 Å². The predicted molar refractivity (Wildman–Crippen MR) is 70.4 cm³/mol. The summed E-state index contributed by atoms with van der Waals surface area (Å²) in [5.74, 6) is 0.849. The minimum atomic E-state index is -3.58. The van der Waals surface area contributed by atoms with E-state index in [9.17, 15) is 8.42 Å². The van der Waals surface area contributed by atoms with Crippen LogP contribution < -0.4 is 4.83 Å². The highest BCUT2D eigenvalue weighted by molar-refractivity contribution is 7.89. The van der Waals surface area contributed by atoms with Gasteiger partial charge in [0.15, 0.2) is 0 Å². The fraction of sp³-hybridized carbons (Fsp3) is 0.0769. The van der Waals surface area contributed by atoms with Crippen molar-refractivity contribution in [2.24, 2.45) is 5.10 Å². The topological polar surface area (TPSA) is 58.5 Å². The van der Waals surface area contributed by atoms with Crippen molar-refractivity contribution in [2.75, 3.05) is 0 Å². The molecule has 2 rings (SSSR count). The molecule has 93 valence electrons. The number of hydrazone groups is 1. The highest BCUT2D eigenvalue weighted by Crippen LogP contribution is 2.20. The summed E-state index contributed by atoms with van der Waals surface area (Å²) in [7, 11) is -3.58. The Morgan fingerprint density at radius 3 is 2.33 bits per heavy atom. The van der Waals surface area contributed by atoms with Crippen molar-refractivity contribution in [1.82, 2.24) is 4.83 Å². The second kappa shape index (κ2) is 5.52. The molecule has 1 aromatic rings. The number of nitrogens with one attached hydrogen (secondary N) is 1. The lowest BCUT2D eigenvalue weighted by atomic mass is 10.1. The highest BCUT2D eigenvalue weighted by atomic mass is 32.2. The van der Waals surface area contributed by atoms with Crippen LogP contribution in [0, 0.1) is 38.5 Å². The number of nitrogens with zero attached hydrogens (tertiary/aromatic N) is 1. The molecule has 18 heavy (non-hydrogen) atoms. The SMILES string of the molecule is Cc1ccc(S(=O)(=O)N/N=C/[C]2[CH][CH][CH][CH]2)cc1. The van der Waals surface area contributed by atoms with Crippen molar-refractivity contribution < 1.29 is 8.42 Å². The van der Waals surface area contributed by atoms with Crippen molar-refractivity contribution in [3.05, 3.63) is 61.4 Å². The number of sulfonamides is 1. The predicted octanol–water partition coefficient (Wildman–Crippen LogP) is 1.66. The fourth-order valence-electron chi connectivity index (χ4n) is 1.42. The van der Waals surface area contributed by atoms with Gasteiger partial charge in [0.2, 0.25) is 0 Å². The molecule has 4 nitrogen and oxygen atoms in total. The minimum Gasteiger partial charge on any atom is -0.200 e. The summed E-state index contributed by atoms with van der Waals surface area (Å²) in [5, 5.41) is 3.72. The van der Waals surface area contributed by atoms with E-state index in [-0.39, 0.29) is 4.90 Å². The minimum absolute atomic E-state index is 0.202. The van der Waals surface area contributed by atoms with Crippen LogP contribution in [0.4, 0.5) is 0 Å². The van der Waals surface area contributed by atoms with Crippen LogP contribution in [0.3, 0.4) is 0 Å². The summed E-state index contributed by atoms with van der Waals surface area (Å²) >= 11 is 0. The highest BCUT2D eigenvalue weighted by Gasteiger charge is 2.16. The van der Waals surface area contributed by atoms with Gasteiger partial charge in [-0.25, -0.2) is 4.83 Å². The quantitative estimate of drug-likeness (QED) is 0.662. The lowest BCUT2D eigenvalue weighted by Crippen LogP contribution is -2.18. The smallest absolute Gasteiger partial charge is 0.200 e. The summed E-state index contributed by atoms with van der Waals surface area (Å²) in [6.07, 6.45) is 8.85. The number of aryl methyl sites for hydroxylation is 1. The van der Waals surface area contributed by atoms with Gasteiger partial charge in [0, 0.05) is 12.1 Å². The van der Waals surface area contributed by atoms with Crippen molar-refractivity contribution in [3.63, 3.8) is 0 Å². The standard InChI is InChI=1S/C13H13N2O2S/c1-11-6-8-13(9-7-11)18(16,17)15-14-10-12-4-2-3-5-12/h2-10,15H,1H3/b14-10+. The Morgan fingerprint density at radius 2 is 1.72 bits per heavy atom. The van der Waals surface area contributed by atoms with E-state index in [0.717, 1.165) is 11.5 Å². The first-order chi connectivity index (χ1) is 8.58. The molecule has 0 unspecified atom stereocenters. The van der Waals surface area contributed by atoms with E-state index in [1.54, 1.807) is 24.3 Å². The molecule has 1 aromatic carbocycles. The molecule has 0 amide bonds. The third kappa shape index (κ3) is 3.32. The summed E-state index contributed by atoms with van der Waals surface area (Å²) < 4.78 is 23.7. The van der Waals surface area contributed by atoms with Crippen molar-refractivity contribution in [2.45, 2.75) is 11.8 Å². The van der Waals surface area contributed by atoms with Crippen LogP contribution in [0.1, 0.15) is 5.56 Å². The third-order valence-electron chi connectivity index (χ3n) is 2.41. The molecule has 0 saturated heterocycles. The second-order valence-electron chi connectivity index (χ2n) is 3.88. The number of hydrogen-bond donors (Lipinski definition) is 1. The first kappa shape index (κ1) is 13.1. The van der Waals surface area contributed by atoms with Gasteiger partial charge in [-0.3, -0.25) is 0 Å². The molecule has 1 saturated carbocycles. The lowest BCUT2D eigenvalue weighted by Gasteiger charge is -2.04. The van der Waals surface area contributed by atoms with Crippen molar-refractivity contribution in [1.29, 1.82) is 0 Å². The summed E-state index contributed by atoms with van der Waals surface area (Å²) in [6.45, 7) is 1.90. The van der Waals surface area contributed by atoms with Gasteiger partial charge in [-0.2, -0.15) is 13.5 Å². The first-order valence-electron chi connectivity index (χ1n) is 5.41. The van der Waals surface area contributed by atoms with Gasteiger partial charge in [0.25, 0.3) is 10.0 Å². The Balaban J connectivity index is 2.00. The van der Waals surface area contributed by atoms with E-state index in [1.807, 2.05) is 32.6 Å². The Hall–Kier alpha value is -1.36. The second-order valence-corrected chi connectivity index (χ2v) is 5.55. The van der Waals surface area contributed by atoms with E-state index < -0.39 is 10.0 Å². The average Bonchev–Trinajstić information content (AvgIpc) is 2.82. The molecule has 0 aromatic heterocycles. The number of benzene rings is 1. The molecule has 0 aliphatic heterocycles. The van der Waals surface area contributed by atoms with Crippen LogP contribution in [0.5, 0.6) is 0 Å². The Kier molecular flexibility index (Phi) is 4.01. The third-order valence-corrected chi connectivity index (χ3v) is 3.64. The summed E-state index contributed by atoms with van der Waals surface area (Å²) in [5.41, 5.74) is 1.01. The van der Waals surface area contributed by atoms with E-state index >= 15 is 0 Å². The zero-order chi connectivity index (χ0) is 13.0. The van der Waals surface area contributed by atoms with Gasteiger partial charge in [-0.15, -0.1) is 0 Å². The van der Waals surface area contributed by atoms with E-state index in [0.29, 0.717) is 0 Å². The zero-order valence-corrected chi connectivity index (χ0v) is 10.7. The van der Waals surface area contributed by atoms with Gasteiger partial charge in [0.05, 0.1) is 4.90 Å². The summed E-state index contributed by atoms with van der Waals surface area (Å²) in [6, 6.07) is 6.59. The Labute approximate surface area is 108 Å². The normalized spacial score (nSPS) is 17.4. The monoisotopic (exact) mass is 261 g/mol. The maximum atomic E-state index is 11.8. The van der Waals surface area contributed by atoms with E-state index in [4.69, 9.17) is 0 Å². The van der Waals surface area contributed by atoms with Crippen LogP contribution in [0.25, 0.3) is 0 Å². The molecule has 0 atom stereocenters. The number of hydrogen-bond acceptors (Lipinski definition) is 3. The largest absolute Gasteiger partial charge is 0.276 e. The van der Waals surface area contributed by atoms with E-state index in [2.05, 4.69) is 9.93 Å². The molecule has 0 bridgehead atoms. The van der Waals surface area contributed by atoms with Crippen LogP contribution >= 0.6 is 0 Å². The molecule has 0 heterocycles. The fourth-order valence-corrected chi connectivity index (χ4v) is 2.21. The van der Waals surface area contributed by atoms with Crippen LogP contribution in [0.15, 0.2) is 34.3 Å². The molecule has 5 radical (unpaired) electrons. The molecular weight excluding hydrogens is 248 g/mol. The zero-order valence-electron chi connectivity index (χ0n) is 9.87. The number of rotatable bonds is 4. The summed E-state index contributed by atoms with van der Waals surface area (Å²) in [4.78, 5) is 2.38. The van der Waals surface area contributed by atoms with Crippen LogP contribution in [-0.2, 0) is 10.0 Å². The first-order valence-corrected chi connectivity index (χ1v) is 6.89. The van der Waals surface area contributed by atoms with E-state index in [1.165, 1.54) is 6.21 Å². The molecular formula is C13H13N2O2S. The van der Waals surface area contributed by atoms with Crippen LogP contribution in [0.2, 0.25) is 0 Å². The van der Waals surface area contributed by atoms with Crippen molar-refractivity contribution in [3.8, 4) is 0 Å². The molecule has 0 spiro atoms. The molecule has 1 N–H and O–H groups in total. The molecule has 1 aliphatic carbocycles. The maximum absolute atomic E-state index is 11.8. The Bertz CT molecular complexity index is 514. The van der Waals surface area contributed by atoms with Gasteiger partial charge in [0.1, 0.15) is 0 Å². The molecule has 1 fully saturated rings. The van der Waals surface area contributed by atoms with Gasteiger partial charge in [-0.1, -0.05) is 17.7 Å². The average molecular weight is 261 g/mol. The maximum Gasteiger partial charge on any atom is 0.276 e. The van der Waals surface area contributed by atoms with Gasteiger partial charge >= 0.3 is 0 Å². The van der Waals surface area contributed by atoms with Gasteiger partial charge < -0.3 is 0 Å². The Morgan fingerprint density at radius 1 is 1.11 bits per heavy atom.